The fourth-order valence-electron chi connectivity index (χ4n) is 2.55. The number of piperazine rings is 2. The maximum atomic E-state index is 14.0. The quantitative estimate of drug-likeness (QED) is 0.582. The summed E-state index contributed by atoms with van der Waals surface area (Å²) in [5.41, 5.74) is 3.58. The molecule has 2 saturated heterocycles. The maximum absolute atomic E-state index is 14.0. The van der Waals surface area contributed by atoms with Gasteiger partial charge in [-0.2, -0.15) is 17.6 Å². The van der Waals surface area contributed by atoms with E-state index >= 15 is 0 Å². The average Bonchev–Trinajstić information content (AvgIpc) is 2.58. The number of carbonyl (C=O) groups excluding carboxylic acids is 2. The van der Waals surface area contributed by atoms with Crippen molar-refractivity contribution in [1.29, 1.82) is 0 Å². The van der Waals surface area contributed by atoms with Crippen molar-refractivity contribution in [3.05, 3.63) is 0 Å². The fraction of sp³-hybridized carbons (Fsp3) is 0.857. The van der Waals surface area contributed by atoms with Gasteiger partial charge in [0.2, 0.25) is 0 Å². The molecular formula is C14H24F4N6O2. The van der Waals surface area contributed by atoms with Crippen LogP contribution in [0.5, 0.6) is 0 Å². The van der Waals surface area contributed by atoms with Crippen molar-refractivity contribution in [3.8, 4) is 0 Å². The minimum atomic E-state index is -5.17. The minimum Gasteiger partial charge on any atom is -0.304 e. The summed E-state index contributed by atoms with van der Waals surface area (Å²) in [6, 6.07) is 0. The number of likely N-dealkylation sites (N-methyl/N-ethyl adjacent to an activating group) is 2. The molecule has 0 spiro atoms. The molecule has 0 radical (unpaired) electrons. The van der Waals surface area contributed by atoms with Gasteiger partial charge in [0.25, 0.3) is 0 Å². The molecule has 2 aliphatic heterocycles. The van der Waals surface area contributed by atoms with Crippen molar-refractivity contribution in [1.82, 2.24) is 30.7 Å². The van der Waals surface area contributed by atoms with E-state index in [4.69, 9.17) is 0 Å². The zero-order valence-corrected chi connectivity index (χ0v) is 14.8. The SMILES string of the molecule is CN1CCN(NC(=O)C(F)(F)C(F)(F)C(=O)NN2CCN(C)CC2)CC1. The Morgan fingerprint density at radius 3 is 1.19 bits per heavy atom. The van der Waals surface area contributed by atoms with Gasteiger partial charge in [0.15, 0.2) is 0 Å². The molecule has 0 unspecified atom stereocenters. The molecule has 0 aliphatic carbocycles. The van der Waals surface area contributed by atoms with Crippen molar-refractivity contribution in [2.45, 2.75) is 11.8 Å². The summed E-state index contributed by atoms with van der Waals surface area (Å²) in [6.45, 7) is 2.85. The lowest BCUT2D eigenvalue weighted by atomic mass is 10.1. The van der Waals surface area contributed by atoms with E-state index in [9.17, 15) is 27.2 Å². The summed E-state index contributed by atoms with van der Waals surface area (Å²) in [6.07, 6.45) is 0. The lowest BCUT2D eigenvalue weighted by molar-refractivity contribution is -0.216. The van der Waals surface area contributed by atoms with E-state index < -0.39 is 23.7 Å². The van der Waals surface area contributed by atoms with Crippen molar-refractivity contribution in [2.75, 3.05) is 66.5 Å². The standard InChI is InChI=1S/C14H24F4N6O2/c1-21-3-7-23(8-4-21)19-11(25)13(15,16)14(17,18)12(26)20-24-9-5-22(2)6-10-24/h3-10H2,1-2H3,(H,19,25)(H,20,26). The number of nitrogens with zero attached hydrogens (tertiary/aromatic N) is 4. The first-order valence-corrected chi connectivity index (χ1v) is 8.29. The second-order valence-corrected chi connectivity index (χ2v) is 6.61. The Bertz CT molecular complexity index is 474. The topological polar surface area (TPSA) is 71.2 Å². The number of hydrazine groups is 2. The molecule has 8 nitrogen and oxygen atoms in total. The Hall–Kier alpha value is -1.50. The molecule has 2 rings (SSSR count). The highest BCUT2D eigenvalue weighted by molar-refractivity contribution is 5.94. The van der Waals surface area contributed by atoms with E-state index in [1.54, 1.807) is 10.9 Å². The lowest BCUT2D eigenvalue weighted by Gasteiger charge is -2.35. The third-order valence-corrected chi connectivity index (χ3v) is 4.49. The summed E-state index contributed by atoms with van der Waals surface area (Å²) in [4.78, 5) is 27.2. The zero-order valence-electron chi connectivity index (χ0n) is 14.8. The largest absolute Gasteiger partial charge is 0.397 e. The van der Waals surface area contributed by atoms with Crippen molar-refractivity contribution < 1.29 is 27.2 Å². The summed E-state index contributed by atoms with van der Waals surface area (Å²) < 4.78 is 56.0. The number of amides is 2. The highest BCUT2D eigenvalue weighted by atomic mass is 19.3. The van der Waals surface area contributed by atoms with E-state index in [1.807, 2.05) is 23.9 Å². The molecule has 0 aromatic carbocycles. The van der Waals surface area contributed by atoms with Crippen LogP contribution in [-0.4, -0.2) is 110 Å². The molecule has 0 aromatic rings. The number of carbonyl (C=O) groups is 2. The normalized spacial score (nSPS) is 22.2. The summed E-state index contributed by atoms with van der Waals surface area (Å²) in [5, 5.41) is 2.29. The van der Waals surface area contributed by atoms with E-state index in [1.165, 1.54) is 0 Å². The van der Waals surface area contributed by atoms with Gasteiger partial charge in [0.1, 0.15) is 0 Å². The summed E-state index contributed by atoms with van der Waals surface area (Å²) in [7, 11) is 3.62. The van der Waals surface area contributed by atoms with Gasteiger partial charge in [-0.1, -0.05) is 0 Å². The first-order valence-electron chi connectivity index (χ1n) is 8.29. The molecule has 2 amide bonds. The number of nitrogens with one attached hydrogen (secondary N) is 2. The van der Waals surface area contributed by atoms with Crippen LogP contribution in [0.4, 0.5) is 17.6 Å². The molecule has 0 aromatic heterocycles. The number of halogens is 4. The van der Waals surface area contributed by atoms with E-state index in [2.05, 4.69) is 0 Å². The van der Waals surface area contributed by atoms with Gasteiger partial charge in [-0.3, -0.25) is 20.4 Å². The second-order valence-electron chi connectivity index (χ2n) is 6.61. The molecular weight excluding hydrogens is 360 g/mol. The summed E-state index contributed by atoms with van der Waals surface area (Å²) >= 11 is 0. The average molecular weight is 384 g/mol. The number of hydrogen-bond donors (Lipinski definition) is 2. The van der Waals surface area contributed by atoms with E-state index in [0.717, 1.165) is 10.0 Å². The molecule has 0 saturated carbocycles. The van der Waals surface area contributed by atoms with Gasteiger partial charge in [-0.05, 0) is 14.1 Å². The van der Waals surface area contributed by atoms with Crippen LogP contribution >= 0.6 is 0 Å². The van der Waals surface area contributed by atoms with Crippen LogP contribution in [0.25, 0.3) is 0 Å². The van der Waals surface area contributed by atoms with E-state index in [0.29, 0.717) is 26.2 Å². The van der Waals surface area contributed by atoms with Gasteiger partial charge < -0.3 is 9.80 Å². The van der Waals surface area contributed by atoms with Crippen LogP contribution in [0, 0.1) is 0 Å². The first-order chi connectivity index (χ1) is 12.0. The van der Waals surface area contributed by atoms with Crippen LogP contribution in [0.3, 0.4) is 0 Å². The van der Waals surface area contributed by atoms with Crippen LogP contribution in [0.2, 0.25) is 0 Å². The molecule has 0 bridgehead atoms. The Kier molecular flexibility index (Phi) is 6.42. The lowest BCUT2D eigenvalue weighted by Crippen LogP contribution is -2.65. The Morgan fingerprint density at radius 2 is 0.923 bits per heavy atom. The van der Waals surface area contributed by atoms with Crippen molar-refractivity contribution >= 4 is 11.8 Å². The van der Waals surface area contributed by atoms with Gasteiger partial charge in [0.05, 0.1) is 0 Å². The van der Waals surface area contributed by atoms with Gasteiger partial charge in [0, 0.05) is 52.4 Å². The Morgan fingerprint density at radius 1 is 0.654 bits per heavy atom. The number of hydrogen-bond acceptors (Lipinski definition) is 6. The fourth-order valence-corrected chi connectivity index (χ4v) is 2.55. The van der Waals surface area contributed by atoms with E-state index in [-0.39, 0.29) is 26.2 Å². The molecule has 2 N–H and O–H groups in total. The maximum Gasteiger partial charge on any atom is 0.397 e. The predicted molar refractivity (Wildman–Crippen MR) is 84.3 cm³/mol. The highest BCUT2D eigenvalue weighted by Crippen LogP contribution is 2.35. The third-order valence-electron chi connectivity index (χ3n) is 4.49. The monoisotopic (exact) mass is 384 g/mol. The first kappa shape index (κ1) is 20.8. The molecule has 0 atom stereocenters. The van der Waals surface area contributed by atoms with Crippen LogP contribution in [0.1, 0.15) is 0 Å². The minimum absolute atomic E-state index is 0.220. The Labute approximate surface area is 149 Å². The molecule has 150 valence electrons. The third kappa shape index (κ3) is 4.61. The molecule has 12 heteroatoms. The number of alkyl halides is 4. The van der Waals surface area contributed by atoms with Gasteiger partial charge >= 0.3 is 23.7 Å². The van der Waals surface area contributed by atoms with Crippen molar-refractivity contribution in [3.63, 3.8) is 0 Å². The highest BCUT2D eigenvalue weighted by Gasteiger charge is 2.67. The molecule has 26 heavy (non-hydrogen) atoms. The van der Waals surface area contributed by atoms with Gasteiger partial charge in [-0.15, -0.1) is 0 Å². The van der Waals surface area contributed by atoms with Crippen LogP contribution in [-0.2, 0) is 9.59 Å². The van der Waals surface area contributed by atoms with Crippen LogP contribution in [0.15, 0.2) is 0 Å². The smallest absolute Gasteiger partial charge is 0.304 e. The van der Waals surface area contributed by atoms with Crippen molar-refractivity contribution in [2.24, 2.45) is 0 Å². The molecule has 2 aliphatic rings. The van der Waals surface area contributed by atoms with Gasteiger partial charge in [-0.25, -0.2) is 10.0 Å². The number of rotatable bonds is 5. The predicted octanol–water partition coefficient (Wildman–Crippen LogP) is -1.19. The molecule has 2 heterocycles. The summed E-state index contributed by atoms with van der Waals surface area (Å²) in [5.74, 6) is -14.7. The zero-order chi connectivity index (χ0) is 19.5. The molecule has 2 fully saturated rings. The second kappa shape index (κ2) is 8.03. The Balaban J connectivity index is 1.95. The van der Waals surface area contributed by atoms with Crippen LogP contribution < -0.4 is 10.9 Å².